The Bertz CT molecular complexity index is 480. The summed E-state index contributed by atoms with van der Waals surface area (Å²) >= 11 is 2.33. The van der Waals surface area contributed by atoms with Gasteiger partial charge in [-0.1, -0.05) is 6.92 Å². The molecule has 3 heterocycles. The highest BCUT2D eigenvalue weighted by Crippen LogP contribution is 2.43. The van der Waals surface area contributed by atoms with Crippen LogP contribution in [0.4, 0.5) is 5.82 Å². The van der Waals surface area contributed by atoms with Gasteiger partial charge in [0.15, 0.2) is 0 Å². The van der Waals surface area contributed by atoms with E-state index in [9.17, 15) is 0 Å². The number of aryl methyl sites for hydroxylation is 1. The van der Waals surface area contributed by atoms with Crippen LogP contribution >= 0.6 is 22.6 Å². The quantitative estimate of drug-likeness (QED) is 0.824. The van der Waals surface area contributed by atoms with Gasteiger partial charge in [0.1, 0.15) is 11.6 Å². The lowest BCUT2D eigenvalue weighted by Crippen LogP contribution is -2.19. The van der Waals surface area contributed by atoms with Gasteiger partial charge >= 0.3 is 0 Å². The molecule has 2 aliphatic heterocycles. The largest absolute Gasteiger partial charge is 0.374 e. The number of fused-ring (bicyclic) bond motifs is 2. The molecule has 3 atom stereocenters. The second-order valence-electron chi connectivity index (χ2n) is 5.47. The van der Waals surface area contributed by atoms with Crippen molar-refractivity contribution in [2.75, 3.05) is 11.9 Å². The highest BCUT2D eigenvalue weighted by Gasteiger charge is 2.43. The van der Waals surface area contributed by atoms with Crippen LogP contribution in [0.1, 0.15) is 50.0 Å². The number of rotatable bonds is 4. The van der Waals surface area contributed by atoms with Crippen LogP contribution in [0.25, 0.3) is 0 Å². The van der Waals surface area contributed by atoms with Crippen LogP contribution in [0.5, 0.6) is 0 Å². The van der Waals surface area contributed by atoms with E-state index in [4.69, 9.17) is 14.7 Å². The minimum absolute atomic E-state index is 0.350. The zero-order chi connectivity index (χ0) is 13.4. The second kappa shape index (κ2) is 5.52. The van der Waals surface area contributed by atoms with E-state index >= 15 is 0 Å². The first-order valence-corrected chi connectivity index (χ1v) is 8.20. The fourth-order valence-corrected chi connectivity index (χ4v) is 3.45. The van der Waals surface area contributed by atoms with E-state index in [1.165, 1.54) is 12.8 Å². The molecule has 3 unspecified atom stereocenters. The van der Waals surface area contributed by atoms with Gasteiger partial charge in [0.2, 0.25) is 0 Å². The van der Waals surface area contributed by atoms with Gasteiger partial charge in [-0.3, -0.25) is 0 Å². The van der Waals surface area contributed by atoms with Crippen molar-refractivity contribution in [3.05, 3.63) is 15.1 Å². The molecule has 2 bridgehead atoms. The minimum atomic E-state index is 0.350. The van der Waals surface area contributed by atoms with Gasteiger partial charge in [-0.15, -0.1) is 0 Å². The van der Waals surface area contributed by atoms with Gasteiger partial charge in [0, 0.05) is 12.5 Å². The van der Waals surface area contributed by atoms with Crippen molar-refractivity contribution >= 4 is 28.4 Å². The Morgan fingerprint density at radius 1 is 1.37 bits per heavy atom. The van der Waals surface area contributed by atoms with Crippen LogP contribution in [0.3, 0.4) is 0 Å². The number of ether oxygens (including phenoxy) is 1. The number of halogens is 1. The average molecular weight is 373 g/mol. The lowest BCUT2D eigenvalue weighted by molar-refractivity contribution is 0.0998. The second-order valence-corrected chi connectivity index (χ2v) is 6.55. The SMILES string of the molecule is CCCNc1nc(C2CC3CCC2O3)nc(C)c1I. The third-order valence-electron chi connectivity index (χ3n) is 4.01. The van der Waals surface area contributed by atoms with E-state index in [1.54, 1.807) is 0 Å². The van der Waals surface area contributed by atoms with Gasteiger partial charge in [-0.05, 0) is 55.2 Å². The van der Waals surface area contributed by atoms with Crippen LogP contribution in [-0.4, -0.2) is 28.7 Å². The summed E-state index contributed by atoms with van der Waals surface area (Å²) < 4.78 is 7.07. The average Bonchev–Trinajstić information content (AvgIpc) is 3.02. The Morgan fingerprint density at radius 2 is 2.21 bits per heavy atom. The van der Waals surface area contributed by atoms with E-state index < -0.39 is 0 Å². The van der Waals surface area contributed by atoms with E-state index in [0.29, 0.717) is 18.1 Å². The minimum Gasteiger partial charge on any atom is -0.374 e. The molecule has 0 aromatic carbocycles. The van der Waals surface area contributed by atoms with Crippen LogP contribution < -0.4 is 5.32 Å². The Labute approximate surface area is 127 Å². The standard InChI is InChI=1S/C14H20IN3O/c1-3-6-16-14-12(15)8(2)17-13(18-14)10-7-9-4-5-11(10)19-9/h9-11H,3-7H2,1-2H3,(H,16,17,18). The lowest BCUT2D eigenvalue weighted by Gasteiger charge is -2.19. The van der Waals surface area contributed by atoms with Gasteiger partial charge in [-0.25, -0.2) is 9.97 Å². The maximum absolute atomic E-state index is 5.93. The molecular weight excluding hydrogens is 353 g/mol. The number of nitrogens with zero attached hydrogens (tertiary/aromatic N) is 2. The van der Waals surface area contributed by atoms with Gasteiger partial charge < -0.3 is 10.1 Å². The summed E-state index contributed by atoms with van der Waals surface area (Å²) in [5, 5.41) is 3.41. The fourth-order valence-electron chi connectivity index (χ4n) is 3.02. The van der Waals surface area contributed by atoms with Crippen molar-refractivity contribution in [1.82, 2.24) is 9.97 Å². The van der Waals surface area contributed by atoms with Crippen molar-refractivity contribution in [3.8, 4) is 0 Å². The number of nitrogens with one attached hydrogen (secondary N) is 1. The molecule has 1 N–H and O–H groups in total. The highest BCUT2D eigenvalue weighted by atomic mass is 127. The maximum Gasteiger partial charge on any atom is 0.143 e. The summed E-state index contributed by atoms with van der Waals surface area (Å²) in [5.41, 5.74) is 1.08. The van der Waals surface area contributed by atoms with Crippen LogP contribution in [0, 0.1) is 10.5 Å². The van der Waals surface area contributed by atoms with E-state index in [-0.39, 0.29) is 0 Å². The van der Waals surface area contributed by atoms with E-state index in [2.05, 4.69) is 41.8 Å². The van der Waals surface area contributed by atoms with Gasteiger partial charge in [-0.2, -0.15) is 0 Å². The lowest BCUT2D eigenvalue weighted by atomic mass is 9.88. The summed E-state index contributed by atoms with van der Waals surface area (Å²) in [7, 11) is 0. The molecule has 5 heteroatoms. The normalized spacial score (nSPS) is 28.9. The molecule has 104 valence electrons. The molecular formula is C14H20IN3O. The summed E-state index contributed by atoms with van der Waals surface area (Å²) in [6, 6.07) is 0. The zero-order valence-corrected chi connectivity index (χ0v) is 13.6. The van der Waals surface area contributed by atoms with Crippen LogP contribution in [0.2, 0.25) is 0 Å². The molecule has 4 nitrogen and oxygen atoms in total. The Balaban J connectivity index is 1.87. The molecule has 1 aromatic rings. The van der Waals surface area contributed by atoms with Crippen molar-refractivity contribution < 1.29 is 4.74 Å². The predicted molar refractivity (Wildman–Crippen MR) is 83.5 cm³/mol. The monoisotopic (exact) mass is 373 g/mol. The summed E-state index contributed by atoms with van der Waals surface area (Å²) in [6.45, 7) is 5.19. The molecule has 19 heavy (non-hydrogen) atoms. The molecule has 2 aliphatic rings. The topological polar surface area (TPSA) is 47.0 Å². The molecule has 0 spiro atoms. The van der Waals surface area contributed by atoms with E-state index in [1.807, 2.05) is 0 Å². The van der Waals surface area contributed by atoms with E-state index in [0.717, 1.165) is 40.3 Å². The molecule has 2 fully saturated rings. The summed E-state index contributed by atoms with van der Waals surface area (Å²) in [6.07, 6.45) is 5.38. The summed E-state index contributed by atoms with van der Waals surface area (Å²) in [4.78, 5) is 9.47. The van der Waals surface area contributed by atoms with Gasteiger partial charge in [0.25, 0.3) is 0 Å². The third-order valence-corrected chi connectivity index (χ3v) is 5.31. The number of hydrogen-bond acceptors (Lipinski definition) is 4. The van der Waals surface area contributed by atoms with Gasteiger partial charge in [0.05, 0.1) is 21.5 Å². The molecule has 0 aliphatic carbocycles. The zero-order valence-electron chi connectivity index (χ0n) is 11.4. The molecule has 0 radical (unpaired) electrons. The molecule has 1 aromatic heterocycles. The van der Waals surface area contributed by atoms with Crippen LogP contribution in [0.15, 0.2) is 0 Å². The first kappa shape index (κ1) is 13.5. The van der Waals surface area contributed by atoms with Crippen LogP contribution in [-0.2, 0) is 4.74 Å². The predicted octanol–water partition coefficient (Wildman–Crippen LogP) is 3.25. The number of anilines is 1. The Hall–Kier alpha value is -0.430. The fraction of sp³-hybridized carbons (Fsp3) is 0.714. The molecule has 0 saturated carbocycles. The highest BCUT2D eigenvalue weighted by molar-refractivity contribution is 14.1. The molecule has 2 saturated heterocycles. The molecule has 0 amide bonds. The third kappa shape index (κ3) is 2.59. The smallest absolute Gasteiger partial charge is 0.143 e. The first-order valence-electron chi connectivity index (χ1n) is 7.12. The van der Waals surface area contributed by atoms with Crippen molar-refractivity contribution in [1.29, 1.82) is 0 Å². The van der Waals surface area contributed by atoms with Crippen molar-refractivity contribution in [2.45, 2.75) is 57.7 Å². The maximum atomic E-state index is 5.93. The molecule has 3 rings (SSSR count). The number of aromatic nitrogens is 2. The first-order chi connectivity index (χ1) is 9.19. The number of hydrogen-bond donors (Lipinski definition) is 1. The summed E-state index contributed by atoms with van der Waals surface area (Å²) in [5.74, 6) is 2.37. The Kier molecular flexibility index (Phi) is 3.93. The van der Waals surface area contributed by atoms with Crippen molar-refractivity contribution in [3.63, 3.8) is 0 Å². The Morgan fingerprint density at radius 3 is 2.84 bits per heavy atom. The van der Waals surface area contributed by atoms with Crippen molar-refractivity contribution in [2.24, 2.45) is 0 Å².